The van der Waals surface area contributed by atoms with Gasteiger partial charge in [-0.1, -0.05) is 20.8 Å². The van der Waals surface area contributed by atoms with Crippen LogP contribution in [-0.2, 0) is 9.53 Å². The van der Waals surface area contributed by atoms with Gasteiger partial charge in [-0.25, -0.2) is 0 Å². The summed E-state index contributed by atoms with van der Waals surface area (Å²) in [5.74, 6) is -0.422. The molecule has 1 atom stereocenters. The maximum atomic E-state index is 10.5. The predicted octanol–water partition coefficient (Wildman–Crippen LogP) is 1.36. The Hall–Kier alpha value is -0.610. The molecule has 0 amide bonds. The van der Waals surface area contributed by atoms with E-state index in [4.69, 9.17) is 9.84 Å². The highest BCUT2D eigenvalue weighted by atomic mass is 16.5. The van der Waals surface area contributed by atoms with Gasteiger partial charge in [0.15, 0.2) is 0 Å². The van der Waals surface area contributed by atoms with E-state index in [1.54, 1.807) is 6.92 Å². The molecule has 0 aliphatic carbocycles. The van der Waals surface area contributed by atoms with Gasteiger partial charge in [-0.05, 0) is 12.3 Å². The second-order valence-electron chi connectivity index (χ2n) is 4.24. The van der Waals surface area contributed by atoms with Crippen molar-refractivity contribution in [2.45, 2.75) is 27.2 Å². The maximum Gasteiger partial charge on any atom is 0.307 e. The van der Waals surface area contributed by atoms with Crippen molar-refractivity contribution in [3.05, 3.63) is 0 Å². The molecular weight excluding hydrogens is 194 g/mol. The third-order valence-electron chi connectivity index (χ3n) is 2.13. The Morgan fingerprint density at radius 1 is 1.33 bits per heavy atom. The van der Waals surface area contributed by atoms with Crippen LogP contribution in [0.15, 0.2) is 0 Å². The quantitative estimate of drug-likeness (QED) is 0.572. The van der Waals surface area contributed by atoms with Gasteiger partial charge in [-0.15, -0.1) is 0 Å². The number of nitrogens with one attached hydrogen (secondary N) is 1. The number of hydrogen-bond donors (Lipinski definition) is 2. The molecule has 0 fully saturated rings. The zero-order chi connectivity index (χ0) is 11.7. The molecule has 4 heteroatoms. The molecule has 0 aromatic rings. The molecule has 1 unspecified atom stereocenters. The maximum absolute atomic E-state index is 10.5. The molecule has 0 rings (SSSR count). The minimum Gasteiger partial charge on any atom is -0.481 e. The fraction of sp³-hybridized carbons (Fsp3) is 0.909. The van der Waals surface area contributed by atoms with Crippen LogP contribution in [0.3, 0.4) is 0 Å². The van der Waals surface area contributed by atoms with Crippen molar-refractivity contribution in [3.63, 3.8) is 0 Å². The summed E-state index contributed by atoms with van der Waals surface area (Å²) in [6.45, 7) is 8.67. The van der Waals surface area contributed by atoms with Crippen LogP contribution in [0.4, 0.5) is 0 Å². The first kappa shape index (κ1) is 14.4. The zero-order valence-corrected chi connectivity index (χ0v) is 9.95. The van der Waals surface area contributed by atoms with Crippen molar-refractivity contribution < 1.29 is 14.6 Å². The van der Waals surface area contributed by atoms with Crippen LogP contribution in [0.5, 0.6) is 0 Å². The van der Waals surface area contributed by atoms with Gasteiger partial charge in [0.05, 0.1) is 12.5 Å². The molecule has 2 N–H and O–H groups in total. The molecule has 0 aromatic heterocycles. The van der Waals surface area contributed by atoms with Crippen molar-refractivity contribution in [3.8, 4) is 0 Å². The van der Waals surface area contributed by atoms with E-state index in [2.05, 4.69) is 19.2 Å². The van der Waals surface area contributed by atoms with Crippen molar-refractivity contribution >= 4 is 5.97 Å². The van der Waals surface area contributed by atoms with E-state index >= 15 is 0 Å². The summed E-state index contributed by atoms with van der Waals surface area (Å²) in [5, 5.41) is 11.7. The van der Waals surface area contributed by atoms with Crippen LogP contribution in [-0.4, -0.2) is 37.4 Å². The average Bonchev–Trinajstić information content (AvgIpc) is 2.15. The van der Waals surface area contributed by atoms with Crippen LogP contribution in [0, 0.1) is 11.8 Å². The summed E-state index contributed by atoms with van der Waals surface area (Å²) in [6.07, 6.45) is 1.07. The summed E-state index contributed by atoms with van der Waals surface area (Å²) < 4.78 is 5.38. The van der Waals surface area contributed by atoms with Gasteiger partial charge >= 0.3 is 5.97 Å². The summed E-state index contributed by atoms with van der Waals surface area (Å²) in [7, 11) is 0. The highest BCUT2D eigenvalue weighted by molar-refractivity contribution is 5.69. The first-order valence-electron chi connectivity index (χ1n) is 5.55. The standard InChI is InChI=1S/C11H23NO3/c1-9(2)4-6-15-7-5-12-8-10(3)11(13)14/h9-10,12H,4-8H2,1-3H3,(H,13,14). The normalized spacial score (nSPS) is 13.1. The zero-order valence-electron chi connectivity index (χ0n) is 9.95. The first-order chi connectivity index (χ1) is 7.04. The summed E-state index contributed by atoms with van der Waals surface area (Å²) >= 11 is 0. The van der Waals surface area contributed by atoms with E-state index < -0.39 is 5.97 Å². The Morgan fingerprint density at radius 2 is 2.00 bits per heavy atom. The van der Waals surface area contributed by atoms with Crippen molar-refractivity contribution in [1.82, 2.24) is 5.32 Å². The molecule has 15 heavy (non-hydrogen) atoms. The molecule has 0 saturated heterocycles. The summed E-state index contributed by atoms with van der Waals surface area (Å²) in [6, 6.07) is 0. The second kappa shape index (κ2) is 8.68. The molecule has 0 spiro atoms. The molecule has 0 aliphatic rings. The van der Waals surface area contributed by atoms with Crippen LogP contribution >= 0.6 is 0 Å². The Labute approximate surface area is 92.0 Å². The van der Waals surface area contributed by atoms with Gasteiger partial charge in [-0.3, -0.25) is 4.79 Å². The third kappa shape index (κ3) is 9.69. The number of ether oxygens (including phenoxy) is 1. The molecule has 0 aromatic carbocycles. The smallest absolute Gasteiger partial charge is 0.307 e. The average molecular weight is 217 g/mol. The van der Waals surface area contributed by atoms with Crippen LogP contribution in [0.1, 0.15) is 27.2 Å². The Kier molecular flexibility index (Phi) is 8.33. The number of hydrogen-bond acceptors (Lipinski definition) is 3. The molecular formula is C11H23NO3. The van der Waals surface area contributed by atoms with Gasteiger partial charge in [0.25, 0.3) is 0 Å². The summed E-state index contributed by atoms with van der Waals surface area (Å²) in [5.41, 5.74) is 0. The van der Waals surface area contributed by atoms with E-state index in [-0.39, 0.29) is 5.92 Å². The Balaban J connectivity index is 3.15. The van der Waals surface area contributed by atoms with Crippen LogP contribution < -0.4 is 5.32 Å². The first-order valence-corrected chi connectivity index (χ1v) is 5.55. The molecule has 0 aliphatic heterocycles. The number of rotatable bonds is 9. The highest BCUT2D eigenvalue weighted by Gasteiger charge is 2.08. The minimum absolute atomic E-state index is 0.333. The SMILES string of the molecule is CC(C)CCOCCNCC(C)C(=O)O. The lowest BCUT2D eigenvalue weighted by Crippen LogP contribution is -2.29. The lowest BCUT2D eigenvalue weighted by atomic mass is 10.1. The molecule has 0 bridgehead atoms. The Morgan fingerprint density at radius 3 is 2.53 bits per heavy atom. The molecule has 90 valence electrons. The minimum atomic E-state index is -0.761. The number of carboxylic acid groups (broad SMARTS) is 1. The van der Waals surface area contributed by atoms with E-state index in [0.29, 0.717) is 19.1 Å². The molecule has 4 nitrogen and oxygen atoms in total. The predicted molar refractivity (Wildman–Crippen MR) is 59.9 cm³/mol. The number of carbonyl (C=O) groups is 1. The van der Waals surface area contributed by atoms with Gasteiger partial charge in [-0.2, -0.15) is 0 Å². The lowest BCUT2D eigenvalue weighted by Gasteiger charge is -2.09. The fourth-order valence-corrected chi connectivity index (χ4v) is 0.971. The van der Waals surface area contributed by atoms with Gasteiger partial charge in [0.1, 0.15) is 0 Å². The van der Waals surface area contributed by atoms with Gasteiger partial charge in [0.2, 0.25) is 0 Å². The molecule has 0 heterocycles. The van der Waals surface area contributed by atoms with E-state index in [1.807, 2.05) is 0 Å². The fourth-order valence-electron chi connectivity index (χ4n) is 0.971. The van der Waals surface area contributed by atoms with E-state index in [0.717, 1.165) is 19.6 Å². The Bertz CT molecular complexity index is 171. The van der Waals surface area contributed by atoms with E-state index in [1.165, 1.54) is 0 Å². The van der Waals surface area contributed by atoms with Crippen LogP contribution in [0.2, 0.25) is 0 Å². The van der Waals surface area contributed by atoms with Crippen LogP contribution in [0.25, 0.3) is 0 Å². The summed E-state index contributed by atoms with van der Waals surface area (Å²) in [4.78, 5) is 10.5. The lowest BCUT2D eigenvalue weighted by molar-refractivity contribution is -0.140. The van der Waals surface area contributed by atoms with Crippen molar-refractivity contribution in [1.29, 1.82) is 0 Å². The number of aliphatic carboxylic acids is 1. The topological polar surface area (TPSA) is 58.6 Å². The van der Waals surface area contributed by atoms with Gasteiger partial charge < -0.3 is 15.2 Å². The largest absolute Gasteiger partial charge is 0.481 e. The van der Waals surface area contributed by atoms with Crippen molar-refractivity contribution in [2.24, 2.45) is 11.8 Å². The third-order valence-corrected chi connectivity index (χ3v) is 2.13. The second-order valence-corrected chi connectivity index (χ2v) is 4.24. The highest BCUT2D eigenvalue weighted by Crippen LogP contribution is 1.98. The van der Waals surface area contributed by atoms with E-state index in [9.17, 15) is 4.79 Å². The molecule has 0 radical (unpaired) electrons. The number of carboxylic acids is 1. The van der Waals surface area contributed by atoms with Crippen molar-refractivity contribution in [2.75, 3.05) is 26.3 Å². The monoisotopic (exact) mass is 217 g/mol. The molecule has 0 saturated carbocycles. The van der Waals surface area contributed by atoms with Gasteiger partial charge in [0, 0.05) is 19.7 Å².